The number of rotatable bonds is 14. The molecule has 0 heterocycles. The first-order valence-corrected chi connectivity index (χ1v) is 13.7. The Morgan fingerprint density at radius 3 is 1.11 bits per heavy atom. The van der Waals surface area contributed by atoms with Gasteiger partial charge in [0.1, 0.15) is 61.6 Å². The van der Waals surface area contributed by atoms with Gasteiger partial charge in [-0.25, -0.2) is 9.59 Å². The highest BCUT2D eigenvalue weighted by Gasteiger charge is 2.18. The summed E-state index contributed by atoms with van der Waals surface area (Å²) in [5, 5.41) is 76.9. The molecule has 4 rings (SSSR count). The Labute approximate surface area is 266 Å². The molecule has 0 aromatic heterocycles. The number of ether oxygens (including phenoxy) is 5. The molecular weight excluding hydrogens is 624 g/mol. The molecule has 0 radical (unpaired) electrons. The highest BCUT2D eigenvalue weighted by atomic mass is 16.6. The van der Waals surface area contributed by atoms with Crippen molar-refractivity contribution in [1.29, 1.82) is 0 Å². The SMILES string of the molecule is O=C(OCC(O)COc1ccc(Oc2ccc(OCC(O)COC(=O)c3cc(O)c(O)c(O)c3)cc2)cc1)c1cc(O)c(O)c(O)c1. The van der Waals surface area contributed by atoms with Crippen LogP contribution in [0.25, 0.3) is 0 Å². The first-order valence-electron chi connectivity index (χ1n) is 13.7. The molecule has 15 nitrogen and oxygen atoms in total. The van der Waals surface area contributed by atoms with Gasteiger partial charge in [0.05, 0.1) is 11.1 Å². The van der Waals surface area contributed by atoms with Gasteiger partial charge in [0.2, 0.25) is 0 Å². The van der Waals surface area contributed by atoms with Crippen LogP contribution in [-0.4, -0.2) is 91.4 Å². The van der Waals surface area contributed by atoms with E-state index in [4.69, 9.17) is 23.7 Å². The molecule has 4 aromatic carbocycles. The molecule has 4 aromatic rings. The maximum Gasteiger partial charge on any atom is 0.338 e. The molecule has 248 valence electrons. The normalized spacial score (nSPS) is 12.0. The second-order valence-corrected chi connectivity index (χ2v) is 9.90. The zero-order valence-corrected chi connectivity index (χ0v) is 24.3. The lowest BCUT2D eigenvalue weighted by Crippen LogP contribution is -2.25. The van der Waals surface area contributed by atoms with E-state index in [0.717, 1.165) is 24.3 Å². The van der Waals surface area contributed by atoms with Crippen molar-refractivity contribution in [2.75, 3.05) is 26.4 Å². The van der Waals surface area contributed by atoms with Crippen LogP contribution in [0.2, 0.25) is 0 Å². The minimum Gasteiger partial charge on any atom is -0.504 e. The first-order chi connectivity index (χ1) is 22.4. The maximum absolute atomic E-state index is 12.1. The summed E-state index contributed by atoms with van der Waals surface area (Å²) in [7, 11) is 0. The van der Waals surface area contributed by atoms with Crippen molar-refractivity contribution in [1.82, 2.24) is 0 Å². The number of hydrogen-bond acceptors (Lipinski definition) is 15. The van der Waals surface area contributed by atoms with E-state index in [2.05, 4.69) is 0 Å². The van der Waals surface area contributed by atoms with Crippen LogP contribution in [0.4, 0.5) is 0 Å². The van der Waals surface area contributed by atoms with E-state index in [0.29, 0.717) is 23.0 Å². The highest BCUT2D eigenvalue weighted by molar-refractivity contribution is 5.91. The molecule has 0 aliphatic rings. The number of carbonyl (C=O) groups excluding carboxylic acids is 2. The van der Waals surface area contributed by atoms with Crippen molar-refractivity contribution in [3.8, 4) is 57.5 Å². The summed E-state index contributed by atoms with van der Waals surface area (Å²) in [6.07, 6.45) is -2.38. The fourth-order valence-corrected chi connectivity index (χ4v) is 3.78. The lowest BCUT2D eigenvalue weighted by atomic mass is 10.2. The Hall–Kier alpha value is -6.06. The third-order valence-corrected chi connectivity index (χ3v) is 6.19. The van der Waals surface area contributed by atoms with Gasteiger partial charge in [-0.1, -0.05) is 0 Å². The van der Waals surface area contributed by atoms with Crippen molar-refractivity contribution in [3.63, 3.8) is 0 Å². The monoisotopic (exact) mass is 654 g/mol. The maximum atomic E-state index is 12.1. The number of benzene rings is 4. The zero-order chi connectivity index (χ0) is 34.1. The fraction of sp³-hybridized carbons (Fsp3) is 0.188. The lowest BCUT2D eigenvalue weighted by Gasteiger charge is -2.14. The molecule has 2 atom stereocenters. The standard InChI is InChI=1S/C32H30O15/c33-19(15-45-31(41)17-9-25(35)29(39)26(36)10-17)13-43-21-1-5-23(6-2-21)47-24-7-3-22(4-8-24)44-14-20(34)16-46-32(42)18-11-27(37)30(40)28(38)12-18/h1-12,19-20,33-40H,13-16H2. The number of carbonyl (C=O) groups is 2. The van der Waals surface area contributed by atoms with Gasteiger partial charge < -0.3 is 64.5 Å². The summed E-state index contributed by atoms with van der Waals surface area (Å²) < 4.78 is 26.6. The Balaban J connectivity index is 1.16. The Bertz CT molecular complexity index is 1520. The summed E-state index contributed by atoms with van der Waals surface area (Å²) in [5.74, 6) is -4.52. The third kappa shape index (κ3) is 9.46. The van der Waals surface area contributed by atoms with Gasteiger partial charge in [0, 0.05) is 0 Å². The molecule has 0 bridgehead atoms. The van der Waals surface area contributed by atoms with E-state index >= 15 is 0 Å². The Kier molecular flexibility index (Phi) is 11.0. The highest BCUT2D eigenvalue weighted by Crippen LogP contribution is 2.36. The molecule has 0 saturated carbocycles. The number of phenolic OH excluding ortho intramolecular Hbond substituents is 6. The average molecular weight is 655 g/mol. The second kappa shape index (κ2) is 15.3. The predicted molar refractivity (Wildman–Crippen MR) is 159 cm³/mol. The van der Waals surface area contributed by atoms with Crippen LogP contribution < -0.4 is 14.2 Å². The number of aromatic hydroxyl groups is 6. The van der Waals surface area contributed by atoms with E-state index in [1.54, 1.807) is 48.5 Å². The molecule has 0 fully saturated rings. The molecule has 0 aliphatic carbocycles. The van der Waals surface area contributed by atoms with Gasteiger partial charge >= 0.3 is 11.9 Å². The van der Waals surface area contributed by atoms with Crippen molar-refractivity contribution in [3.05, 3.63) is 83.9 Å². The van der Waals surface area contributed by atoms with Gasteiger partial charge in [0.15, 0.2) is 34.5 Å². The quantitative estimate of drug-likeness (QED) is 0.0720. The van der Waals surface area contributed by atoms with E-state index < -0.39 is 71.9 Å². The number of phenols is 6. The van der Waals surface area contributed by atoms with Crippen molar-refractivity contribution in [2.45, 2.75) is 12.2 Å². The van der Waals surface area contributed by atoms with Crippen molar-refractivity contribution in [2.24, 2.45) is 0 Å². The topological polar surface area (TPSA) is 242 Å². The smallest absolute Gasteiger partial charge is 0.338 e. The van der Waals surface area contributed by atoms with Crippen LogP contribution in [-0.2, 0) is 9.47 Å². The van der Waals surface area contributed by atoms with Crippen LogP contribution in [0.3, 0.4) is 0 Å². The van der Waals surface area contributed by atoms with Gasteiger partial charge in [-0.3, -0.25) is 0 Å². The minimum atomic E-state index is -1.19. The molecule has 47 heavy (non-hydrogen) atoms. The molecule has 0 spiro atoms. The predicted octanol–water partition coefficient (Wildman–Crippen LogP) is 2.91. The molecule has 15 heteroatoms. The molecular formula is C32H30O15. The van der Waals surface area contributed by atoms with Crippen LogP contribution in [0.5, 0.6) is 57.5 Å². The fourth-order valence-electron chi connectivity index (χ4n) is 3.78. The average Bonchev–Trinajstić information content (AvgIpc) is 3.06. The molecule has 8 N–H and O–H groups in total. The van der Waals surface area contributed by atoms with E-state index in [1.165, 1.54) is 0 Å². The van der Waals surface area contributed by atoms with Gasteiger partial charge in [-0.05, 0) is 72.8 Å². The molecule has 0 saturated heterocycles. The molecule has 0 aliphatic heterocycles. The van der Waals surface area contributed by atoms with E-state index in [9.17, 15) is 50.4 Å². The third-order valence-electron chi connectivity index (χ3n) is 6.19. The Morgan fingerprint density at radius 2 is 0.787 bits per heavy atom. The molecule has 0 amide bonds. The van der Waals surface area contributed by atoms with Crippen LogP contribution in [0.1, 0.15) is 20.7 Å². The lowest BCUT2D eigenvalue weighted by molar-refractivity contribution is 0.0127. The summed E-state index contributed by atoms with van der Waals surface area (Å²) >= 11 is 0. The van der Waals surface area contributed by atoms with Crippen molar-refractivity contribution >= 4 is 11.9 Å². The van der Waals surface area contributed by atoms with Crippen LogP contribution in [0, 0.1) is 0 Å². The van der Waals surface area contributed by atoms with Crippen LogP contribution in [0.15, 0.2) is 72.8 Å². The first kappa shape index (κ1) is 33.8. The largest absolute Gasteiger partial charge is 0.504 e. The van der Waals surface area contributed by atoms with Gasteiger partial charge in [-0.2, -0.15) is 0 Å². The summed E-state index contributed by atoms with van der Waals surface area (Å²) in [6, 6.07) is 16.5. The minimum absolute atomic E-state index is 0.217. The summed E-state index contributed by atoms with van der Waals surface area (Å²) in [5.41, 5.74) is -0.448. The second-order valence-electron chi connectivity index (χ2n) is 9.90. The number of esters is 2. The van der Waals surface area contributed by atoms with E-state index in [1.807, 2.05) is 0 Å². The number of aliphatic hydroxyl groups is 2. The summed E-state index contributed by atoms with van der Waals surface area (Å²) in [6.45, 7) is -1.31. The zero-order valence-electron chi connectivity index (χ0n) is 24.3. The van der Waals surface area contributed by atoms with Crippen LogP contribution >= 0.6 is 0 Å². The molecule has 2 unspecified atom stereocenters. The van der Waals surface area contributed by atoms with Crippen molar-refractivity contribution < 1.29 is 74.1 Å². The number of hydrogen-bond donors (Lipinski definition) is 8. The van der Waals surface area contributed by atoms with Gasteiger partial charge in [-0.15, -0.1) is 0 Å². The Morgan fingerprint density at radius 1 is 0.489 bits per heavy atom. The summed E-state index contributed by atoms with van der Waals surface area (Å²) in [4.78, 5) is 24.1. The van der Waals surface area contributed by atoms with E-state index in [-0.39, 0.29) is 24.3 Å². The van der Waals surface area contributed by atoms with Gasteiger partial charge in [0.25, 0.3) is 0 Å². The number of aliphatic hydroxyl groups excluding tert-OH is 2.